The predicted molar refractivity (Wildman–Crippen MR) is 97.9 cm³/mol. The van der Waals surface area contributed by atoms with E-state index in [1.54, 1.807) is 19.4 Å². The Hall–Kier alpha value is -2.37. The lowest BCUT2D eigenvalue weighted by Gasteiger charge is -2.28. The van der Waals surface area contributed by atoms with Crippen molar-refractivity contribution in [3.8, 4) is 5.88 Å². The fourth-order valence-corrected chi connectivity index (χ4v) is 3.04. The van der Waals surface area contributed by atoms with Crippen LogP contribution >= 0.6 is 0 Å². The van der Waals surface area contributed by atoms with Gasteiger partial charge in [0.25, 0.3) is 0 Å². The monoisotopic (exact) mass is 340 g/mol. The average Bonchev–Trinajstić information content (AvgIpc) is 3.13. The number of benzene rings is 1. The van der Waals surface area contributed by atoms with Crippen LogP contribution in [0.3, 0.4) is 0 Å². The van der Waals surface area contributed by atoms with E-state index in [4.69, 9.17) is 9.15 Å². The lowest BCUT2D eigenvalue weighted by atomic mass is 9.87. The summed E-state index contributed by atoms with van der Waals surface area (Å²) >= 11 is 0. The number of hydrogen-bond donors (Lipinski definition) is 1. The van der Waals surface area contributed by atoms with E-state index in [0.29, 0.717) is 18.1 Å². The van der Waals surface area contributed by atoms with E-state index >= 15 is 0 Å². The Morgan fingerprint density at radius 1 is 1.24 bits per heavy atom. The van der Waals surface area contributed by atoms with Gasteiger partial charge in [0.1, 0.15) is 11.4 Å². The van der Waals surface area contributed by atoms with Gasteiger partial charge >= 0.3 is 0 Å². The maximum atomic E-state index is 11.5. The van der Waals surface area contributed by atoms with Gasteiger partial charge in [-0.3, -0.25) is 0 Å². The summed E-state index contributed by atoms with van der Waals surface area (Å²) in [6.45, 7) is 2.69. The first-order valence-electron chi connectivity index (χ1n) is 8.31. The molecule has 1 unspecified atom stereocenters. The van der Waals surface area contributed by atoms with Gasteiger partial charge in [0.2, 0.25) is 5.88 Å². The van der Waals surface area contributed by atoms with Gasteiger partial charge in [-0.25, -0.2) is 4.98 Å². The SMILES string of the molecule is COc1nc2ccc(C(O)(CCN(C)C)c3ccco3)cc2cc1C. The van der Waals surface area contributed by atoms with Crippen LogP contribution in [0, 0.1) is 6.92 Å². The molecule has 0 aliphatic heterocycles. The van der Waals surface area contributed by atoms with E-state index in [9.17, 15) is 5.11 Å². The van der Waals surface area contributed by atoms with E-state index in [0.717, 1.165) is 28.6 Å². The second-order valence-corrected chi connectivity index (χ2v) is 6.61. The van der Waals surface area contributed by atoms with Crippen LogP contribution in [-0.4, -0.2) is 42.7 Å². The molecule has 0 radical (unpaired) electrons. The van der Waals surface area contributed by atoms with Gasteiger partial charge in [-0.15, -0.1) is 0 Å². The van der Waals surface area contributed by atoms with Crippen molar-refractivity contribution in [2.45, 2.75) is 18.9 Å². The topological polar surface area (TPSA) is 58.7 Å². The second-order valence-electron chi connectivity index (χ2n) is 6.61. The normalized spacial score (nSPS) is 14.0. The zero-order chi connectivity index (χ0) is 18.0. The molecule has 3 aromatic rings. The third kappa shape index (κ3) is 3.38. The van der Waals surface area contributed by atoms with E-state index in [1.807, 2.05) is 56.3 Å². The third-order valence-corrected chi connectivity index (χ3v) is 4.48. The summed E-state index contributed by atoms with van der Waals surface area (Å²) < 4.78 is 10.8. The van der Waals surface area contributed by atoms with Crippen molar-refractivity contribution in [3.05, 3.63) is 59.5 Å². The number of aromatic nitrogens is 1. The Bertz CT molecular complexity index is 859. The standard InChI is InChI=1S/C20H24N2O3/c1-14-12-15-13-16(7-8-17(15)21-19(14)24-4)20(23,9-10-22(2)3)18-6-5-11-25-18/h5-8,11-13,23H,9-10H2,1-4H3. The molecular weight excluding hydrogens is 316 g/mol. The number of furan rings is 1. The van der Waals surface area contributed by atoms with Crippen LogP contribution < -0.4 is 4.74 Å². The molecule has 0 aliphatic rings. The molecule has 0 saturated heterocycles. The maximum Gasteiger partial charge on any atom is 0.216 e. The van der Waals surface area contributed by atoms with Crippen molar-refractivity contribution in [2.24, 2.45) is 0 Å². The molecule has 132 valence electrons. The highest BCUT2D eigenvalue weighted by Crippen LogP contribution is 2.35. The molecule has 0 saturated carbocycles. The Balaban J connectivity index is 2.09. The predicted octanol–water partition coefficient (Wildman–Crippen LogP) is 3.33. The Morgan fingerprint density at radius 3 is 2.68 bits per heavy atom. The van der Waals surface area contributed by atoms with Crippen LogP contribution in [0.15, 0.2) is 47.1 Å². The number of nitrogens with zero attached hydrogens (tertiary/aromatic N) is 2. The summed E-state index contributed by atoms with van der Waals surface area (Å²) in [5, 5.41) is 12.4. The highest BCUT2D eigenvalue weighted by molar-refractivity contribution is 5.81. The summed E-state index contributed by atoms with van der Waals surface area (Å²) in [6, 6.07) is 11.4. The number of ether oxygens (including phenoxy) is 1. The molecule has 0 spiro atoms. The highest BCUT2D eigenvalue weighted by Gasteiger charge is 2.34. The Kier molecular flexibility index (Phi) is 4.79. The molecule has 0 aliphatic carbocycles. The van der Waals surface area contributed by atoms with Gasteiger partial charge in [0, 0.05) is 23.9 Å². The Labute approximate surface area is 147 Å². The summed E-state index contributed by atoms with van der Waals surface area (Å²) in [5.74, 6) is 1.17. The van der Waals surface area contributed by atoms with Crippen molar-refractivity contribution in [3.63, 3.8) is 0 Å². The van der Waals surface area contributed by atoms with E-state index < -0.39 is 5.60 Å². The van der Waals surface area contributed by atoms with Crippen molar-refractivity contribution in [2.75, 3.05) is 27.7 Å². The number of pyridine rings is 1. The third-order valence-electron chi connectivity index (χ3n) is 4.48. The minimum atomic E-state index is -1.18. The van der Waals surface area contributed by atoms with Crippen LogP contribution in [0.2, 0.25) is 0 Å². The van der Waals surface area contributed by atoms with Gasteiger partial charge in [0.05, 0.1) is 18.9 Å². The first-order valence-corrected chi connectivity index (χ1v) is 8.31. The number of aliphatic hydroxyl groups is 1. The molecule has 1 aromatic carbocycles. The lowest BCUT2D eigenvalue weighted by molar-refractivity contribution is 0.0409. The number of methoxy groups -OCH3 is 1. The first kappa shape index (κ1) is 17.5. The van der Waals surface area contributed by atoms with Crippen LogP contribution in [0.4, 0.5) is 0 Å². The highest BCUT2D eigenvalue weighted by atomic mass is 16.5. The van der Waals surface area contributed by atoms with Crippen molar-refractivity contribution >= 4 is 10.9 Å². The molecule has 5 heteroatoms. The second kappa shape index (κ2) is 6.86. The van der Waals surface area contributed by atoms with E-state index in [-0.39, 0.29) is 0 Å². The quantitative estimate of drug-likeness (QED) is 0.746. The zero-order valence-corrected chi connectivity index (χ0v) is 15.1. The van der Waals surface area contributed by atoms with Crippen LogP contribution in [0.1, 0.15) is 23.3 Å². The van der Waals surface area contributed by atoms with Gasteiger partial charge < -0.3 is 19.2 Å². The molecule has 1 N–H and O–H groups in total. The van der Waals surface area contributed by atoms with Crippen LogP contribution in [0.25, 0.3) is 10.9 Å². The molecule has 3 rings (SSSR count). The van der Waals surface area contributed by atoms with Crippen molar-refractivity contribution in [1.82, 2.24) is 9.88 Å². The smallest absolute Gasteiger partial charge is 0.216 e. The zero-order valence-electron chi connectivity index (χ0n) is 15.1. The molecule has 1 atom stereocenters. The van der Waals surface area contributed by atoms with Crippen molar-refractivity contribution in [1.29, 1.82) is 0 Å². The molecule has 25 heavy (non-hydrogen) atoms. The lowest BCUT2D eigenvalue weighted by Crippen LogP contribution is -2.31. The minimum Gasteiger partial charge on any atom is -0.481 e. The van der Waals surface area contributed by atoms with E-state index in [2.05, 4.69) is 4.98 Å². The molecular formula is C20H24N2O3. The molecule has 5 nitrogen and oxygen atoms in total. The first-order chi connectivity index (χ1) is 11.9. The number of fused-ring (bicyclic) bond motifs is 1. The molecule has 0 fully saturated rings. The minimum absolute atomic E-state index is 0.529. The van der Waals surface area contributed by atoms with E-state index in [1.165, 1.54) is 0 Å². The largest absolute Gasteiger partial charge is 0.481 e. The number of rotatable bonds is 6. The van der Waals surface area contributed by atoms with Crippen molar-refractivity contribution < 1.29 is 14.3 Å². The van der Waals surface area contributed by atoms with Gasteiger partial charge in [-0.1, -0.05) is 6.07 Å². The molecule has 0 bridgehead atoms. The summed E-state index contributed by atoms with van der Waals surface area (Å²) in [6.07, 6.45) is 2.12. The molecule has 2 aromatic heterocycles. The van der Waals surface area contributed by atoms with Crippen LogP contribution in [0.5, 0.6) is 5.88 Å². The average molecular weight is 340 g/mol. The maximum absolute atomic E-state index is 11.5. The number of hydrogen-bond acceptors (Lipinski definition) is 5. The molecule has 0 amide bonds. The fourth-order valence-electron chi connectivity index (χ4n) is 3.04. The summed E-state index contributed by atoms with van der Waals surface area (Å²) in [5.41, 5.74) is 1.40. The van der Waals surface area contributed by atoms with Crippen LogP contribution in [-0.2, 0) is 5.60 Å². The Morgan fingerprint density at radius 2 is 2.04 bits per heavy atom. The van der Waals surface area contributed by atoms with Gasteiger partial charge in [-0.2, -0.15) is 0 Å². The summed E-state index contributed by atoms with van der Waals surface area (Å²) in [4.78, 5) is 6.56. The summed E-state index contributed by atoms with van der Waals surface area (Å²) in [7, 11) is 5.59. The molecule has 2 heterocycles. The van der Waals surface area contributed by atoms with Gasteiger partial charge in [-0.05, 0) is 56.9 Å². The fraction of sp³-hybridized carbons (Fsp3) is 0.350. The number of aryl methyl sites for hydroxylation is 1. The van der Waals surface area contributed by atoms with Gasteiger partial charge in [0.15, 0.2) is 0 Å².